The van der Waals surface area contributed by atoms with Crippen LogP contribution < -0.4 is 10.6 Å². The van der Waals surface area contributed by atoms with Crippen molar-refractivity contribution >= 4 is 28.3 Å². The first-order valence-corrected chi connectivity index (χ1v) is 9.76. The van der Waals surface area contributed by atoms with Crippen molar-refractivity contribution in [2.45, 2.75) is 37.8 Å². The molecule has 1 saturated carbocycles. The van der Waals surface area contributed by atoms with Crippen molar-refractivity contribution in [3.63, 3.8) is 0 Å². The SMILES string of the molecule is O=C(N[C@H]1CC[C@@H](Nc2ccc3ccccc3n2)CC1)c1cccc([N+](=O)[O-])c1. The van der Waals surface area contributed by atoms with Crippen LogP contribution in [-0.2, 0) is 0 Å². The van der Waals surface area contributed by atoms with E-state index in [1.54, 1.807) is 6.07 Å². The van der Waals surface area contributed by atoms with Crippen LogP contribution in [-0.4, -0.2) is 27.9 Å². The Morgan fingerprint density at radius 1 is 0.966 bits per heavy atom. The zero-order valence-electron chi connectivity index (χ0n) is 15.9. The zero-order valence-corrected chi connectivity index (χ0v) is 15.9. The van der Waals surface area contributed by atoms with E-state index in [2.05, 4.69) is 21.7 Å². The van der Waals surface area contributed by atoms with Crippen LogP contribution in [0.15, 0.2) is 60.7 Å². The Kier molecular flexibility index (Phi) is 5.37. The number of benzene rings is 2. The van der Waals surface area contributed by atoms with E-state index in [0.29, 0.717) is 11.6 Å². The maximum atomic E-state index is 12.4. The Hall–Kier alpha value is -3.48. The summed E-state index contributed by atoms with van der Waals surface area (Å²) in [7, 11) is 0. The molecular formula is C22H22N4O3. The van der Waals surface area contributed by atoms with Crippen LogP contribution >= 0.6 is 0 Å². The minimum Gasteiger partial charge on any atom is -0.367 e. The van der Waals surface area contributed by atoms with Crippen molar-refractivity contribution in [2.24, 2.45) is 0 Å². The molecule has 0 atom stereocenters. The molecule has 1 aliphatic carbocycles. The van der Waals surface area contributed by atoms with Gasteiger partial charge in [0.25, 0.3) is 11.6 Å². The van der Waals surface area contributed by atoms with Gasteiger partial charge in [0.2, 0.25) is 0 Å². The van der Waals surface area contributed by atoms with Gasteiger partial charge in [-0.1, -0.05) is 24.3 Å². The van der Waals surface area contributed by atoms with Crippen molar-refractivity contribution < 1.29 is 9.72 Å². The van der Waals surface area contributed by atoms with E-state index in [1.807, 2.05) is 30.3 Å². The lowest BCUT2D eigenvalue weighted by Crippen LogP contribution is -2.40. The second-order valence-corrected chi connectivity index (χ2v) is 7.36. The molecule has 7 nitrogen and oxygen atoms in total. The summed E-state index contributed by atoms with van der Waals surface area (Å²) in [5, 5.41) is 18.5. The van der Waals surface area contributed by atoms with Gasteiger partial charge in [-0.25, -0.2) is 4.98 Å². The van der Waals surface area contributed by atoms with Crippen molar-refractivity contribution in [1.82, 2.24) is 10.3 Å². The van der Waals surface area contributed by atoms with E-state index in [0.717, 1.165) is 42.4 Å². The number of pyridine rings is 1. The number of fused-ring (bicyclic) bond motifs is 1. The number of nitro benzene ring substituents is 1. The molecule has 2 aromatic carbocycles. The Labute approximate surface area is 168 Å². The quantitative estimate of drug-likeness (QED) is 0.500. The summed E-state index contributed by atoms with van der Waals surface area (Å²) < 4.78 is 0. The summed E-state index contributed by atoms with van der Waals surface area (Å²) in [6, 6.07) is 18.3. The molecule has 29 heavy (non-hydrogen) atoms. The Balaban J connectivity index is 1.31. The molecule has 3 aromatic rings. The minimum absolute atomic E-state index is 0.0735. The van der Waals surface area contributed by atoms with Crippen LogP contribution in [0.3, 0.4) is 0 Å². The molecule has 1 fully saturated rings. The predicted octanol–water partition coefficient (Wildman–Crippen LogP) is 4.30. The van der Waals surface area contributed by atoms with Crippen LogP contribution in [0.5, 0.6) is 0 Å². The van der Waals surface area contributed by atoms with Gasteiger partial charge in [-0.05, 0) is 49.9 Å². The van der Waals surface area contributed by atoms with Crippen molar-refractivity contribution in [1.29, 1.82) is 0 Å². The number of aromatic nitrogens is 1. The highest BCUT2D eigenvalue weighted by atomic mass is 16.6. The molecule has 0 saturated heterocycles. The summed E-state index contributed by atoms with van der Waals surface area (Å²) in [6.45, 7) is 0. The fraction of sp³-hybridized carbons (Fsp3) is 0.273. The third-order valence-corrected chi connectivity index (χ3v) is 5.33. The first-order valence-electron chi connectivity index (χ1n) is 9.76. The van der Waals surface area contributed by atoms with Gasteiger partial charge in [0.15, 0.2) is 0 Å². The van der Waals surface area contributed by atoms with E-state index >= 15 is 0 Å². The van der Waals surface area contributed by atoms with Crippen molar-refractivity contribution in [3.05, 3.63) is 76.3 Å². The smallest absolute Gasteiger partial charge is 0.270 e. The van der Waals surface area contributed by atoms with Crippen LogP contribution in [0.4, 0.5) is 11.5 Å². The minimum atomic E-state index is -0.492. The maximum absolute atomic E-state index is 12.4. The van der Waals surface area contributed by atoms with Crippen LogP contribution in [0.25, 0.3) is 10.9 Å². The van der Waals surface area contributed by atoms with E-state index < -0.39 is 4.92 Å². The second kappa shape index (κ2) is 8.26. The highest BCUT2D eigenvalue weighted by Gasteiger charge is 2.23. The molecule has 7 heteroatoms. The zero-order chi connectivity index (χ0) is 20.2. The number of amides is 1. The summed E-state index contributed by atoms with van der Waals surface area (Å²) in [5.41, 5.74) is 1.21. The van der Waals surface area contributed by atoms with Crippen molar-refractivity contribution in [2.75, 3.05) is 5.32 Å². The third kappa shape index (κ3) is 4.51. The van der Waals surface area contributed by atoms with Gasteiger partial charge in [-0.15, -0.1) is 0 Å². The number of para-hydroxylation sites is 1. The number of nitrogens with zero attached hydrogens (tertiary/aromatic N) is 2. The summed E-state index contributed by atoms with van der Waals surface area (Å²) >= 11 is 0. The monoisotopic (exact) mass is 390 g/mol. The molecule has 1 aliphatic rings. The standard InChI is InChI=1S/C22H22N4O3/c27-22(16-5-3-6-19(14-16)26(28)29)24-18-11-9-17(10-12-18)23-21-13-8-15-4-1-2-7-20(15)25-21/h1-8,13-14,17-18H,9-12H2,(H,23,25)(H,24,27)/t17-,18+. The normalized spacial score (nSPS) is 18.9. The van der Waals surface area contributed by atoms with Crippen LogP contribution in [0, 0.1) is 10.1 Å². The molecule has 4 rings (SSSR count). The highest BCUT2D eigenvalue weighted by molar-refractivity contribution is 5.95. The Morgan fingerprint density at radius 2 is 1.72 bits per heavy atom. The molecule has 0 unspecified atom stereocenters. The Morgan fingerprint density at radius 3 is 2.52 bits per heavy atom. The van der Waals surface area contributed by atoms with Crippen LogP contribution in [0.1, 0.15) is 36.0 Å². The van der Waals surface area contributed by atoms with Gasteiger partial charge >= 0.3 is 0 Å². The van der Waals surface area contributed by atoms with E-state index in [4.69, 9.17) is 0 Å². The number of non-ortho nitro benzene ring substituents is 1. The number of nitrogens with one attached hydrogen (secondary N) is 2. The molecule has 0 aliphatic heterocycles. The first-order chi connectivity index (χ1) is 14.1. The highest BCUT2D eigenvalue weighted by Crippen LogP contribution is 2.23. The fourth-order valence-corrected chi connectivity index (χ4v) is 3.77. The fourth-order valence-electron chi connectivity index (χ4n) is 3.77. The summed E-state index contributed by atoms with van der Waals surface area (Å²) in [5.74, 6) is 0.606. The lowest BCUT2D eigenvalue weighted by molar-refractivity contribution is -0.384. The molecule has 0 spiro atoms. The molecule has 0 bridgehead atoms. The molecular weight excluding hydrogens is 368 g/mol. The van der Waals surface area contributed by atoms with Gasteiger partial charge in [0, 0.05) is 35.2 Å². The van der Waals surface area contributed by atoms with Gasteiger partial charge in [0.1, 0.15) is 5.82 Å². The average molecular weight is 390 g/mol. The molecule has 148 valence electrons. The maximum Gasteiger partial charge on any atom is 0.270 e. The largest absolute Gasteiger partial charge is 0.367 e. The molecule has 2 N–H and O–H groups in total. The number of carbonyl (C=O) groups excluding carboxylic acids is 1. The number of carbonyl (C=O) groups is 1. The molecule has 0 radical (unpaired) electrons. The van der Waals surface area contributed by atoms with Gasteiger partial charge in [-0.2, -0.15) is 0 Å². The lowest BCUT2D eigenvalue weighted by atomic mass is 9.91. The number of hydrogen-bond donors (Lipinski definition) is 2. The van der Waals surface area contributed by atoms with Gasteiger partial charge in [-0.3, -0.25) is 14.9 Å². The van der Waals surface area contributed by atoms with E-state index in [1.165, 1.54) is 18.2 Å². The summed E-state index contributed by atoms with van der Waals surface area (Å²) in [4.78, 5) is 27.5. The topological polar surface area (TPSA) is 97.2 Å². The number of nitro groups is 1. The predicted molar refractivity (Wildman–Crippen MR) is 112 cm³/mol. The summed E-state index contributed by atoms with van der Waals surface area (Å²) in [6.07, 6.45) is 3.56. The molecule has 1 amide bonds. The van der Waals surface area contributed by atoms with E-state index in [9.17, 15) is 14.9 Å². The number of rotatable bonds is 5. The van der Waals surface area contributed by atoms with Crippen molar-refractivity contribution in [3.8, 4) is 0 Å². The first kappa shape index (κ1) is 18.9. The average Bonchev–Trinajstić information content (AvgIpc) is 2.75. The lowest BCUT2D eigenvalue weighted by Gasteiger charge is -2.30. The second-order valence-electron chi connectivity index (χ2n) is 7.36. The molecule has 1 aromatic heterocycles. The van der Waals surface area contributed by atoms with Gasteiger partial charge in [0.05, 0.1) is 10.4 Å². The number of hydrogen-bond acceptors (Lipinski definition) is 5. The van der Waals surface area contributed by atoms with Gasteiger partial charge < -0.3 is 10.6 Å². The Bertz CT molecular complexity index is 1040. The molecule has 1 heterocycles. The van der Waals surface area contributed by atoms with E-state index in [-0.39, 0.29) is 17.6 Å². The number of anilines is 1. The van der Waals surface area contributed by atoms with Crippen LogP contribution in [0.2, 0.25) is 0 Å². The third-order valence-electron chi connectivity index (χ3n) is 5.33.